The van der Waals surface area contributed by atoms with Crippen LogP contribution in [0.4, 0.5) is 4.39 Å². The average molecular weight is 116 g/mol. The van der Waals surface area contributed by atoms with Crippen LogP contribution < -0.4 is 0 Å². The van der Waals surface area contributed by atoms with Gasteiger partial charge in [0.15, 0.2) is 0 Å². The Bertz CT molecular complexity index is 78.5. The number of hydrogen-bond acceptors (Lipinski definition) is 0. The highest BCUT2D eigenvalue weighted by molar-refractivity contribution is 4.87. The van der Waals surface area contributed by atoms with E-state index in [9.17, 15) is 4.39 Å². The monoisotopic (exact) mass is 116 g/mol. The topological polar surface area (TPSA) is 0 Å². The average Bonchev–Trinajstić information content (AvgIpc) is 2.42. The van der Waals surface area contributed by atoms with E-state index in [1.54, 1.807) is 0 Å². The molecular weight excluding hydrogens is 103 g/mol. The minimum absolute atomic E-state index is 0.0944. The summed E-state index contributed by atoms with van der Waals surface area (Å²) >= 11 is 0. The zero-order valence-electron chi connectivity index (χ0n) is 5.52. The van der Waals surface area contributed by atoms with Crippen LogP contribution in [0, 0.1) is 17.8 Å². The van der Waals surface area contributed by atoms with Crippen molar-refractivity contribution in [2.45, 2.75) is 20.3 Å². The van der Waals surface area contributed by atoms with Gasteiger partial charge in [-0.3, -0.25) is 4.39 Å². The molecule has 1 aliphatic carbocycles. The molecule has 1 heteroatoms. The Morgan fingerprint density at radius 1 is 1.62 bits per heavy atom. The molecule has 2 unspecified atom stereocenters. The van der Waals surface area contributed by atoms with Gasteiger partial charge in [0.25, 0.3) is 0 Å². The second kappa shape index (κ2) is 2.04. The zero-order valence-corrected chi connectivity index (χ0v) is 5.52. The first-order valence-electron chi connectivity index (χ1n) is 3.31. The third-order valence-electron chi connectivity index (χ3n) is 2.03. The van der Waals surface area contributed by atoms with Crippen LogP contribution >= 0.6 is 0 Å². The lowest BCUT2D eigenvalue weighted by Gasteiger charge is -1.98. The first kappa shape index (κ1) is 6.06. The summed E-state index contributed by atoms with van der Waals surface area (Å²) in [5, 5.41) is 0. The van der Waals surface area contributed by atoms with Gasteiger partial charge in [0.1, 0.15) is 0 Å². The van der Waals surface area contributed by atoms with Crippen LogP contribution in [0.1, 0.15) is 20.3 Å². The first-order chi connectivity index (χ1) is 3.75. The van der Waals surface area contributed by atoms with Crippen molar-refractivity contribution >= 4 is 0 Å². The van der Waals surface area contributed by atoms with Gasteiger partial charge in [-0.25, -0.2) is 0 Å². The van der Waals surface area contributed by atoms with E-state index in [0.29, 0.717) is 17.8 Å². The van der Waals surface area contributed by atoms with Crippen molar-refractivity contribution < 1.29 is 4.39 Å². The Morgan fingerprint density at radius 3 is 2.38 bits per heavy atom. The molecule has 0 aromatic rings. The molecule has 0 aromatic carbocycles. The zero-order chi connectivity index (χ0) is 6.15. The second-order valence-corrected chi connectivity index (χ2v) is 3.06. The van der Waals surface area contributed by atoms with Crippen molar-refractivity contribution in [1.29, 1.82) is 0 Å². The Balaban J connectivity index is 2.16. The van der Waals surface area contributed by atoms with E-state index in [4.69, 9.17) is 0 Å². The number of halogens is 1. The fourth-order valence-corrected chi connectivity index (χ4v) is 1.26. The third kappa shape index (κ3) is 1.01. The summed E-state index contributed by atoms with van der Waals surface area (Å²) in [5.74, 6) is 1.84. The molecule has 0 amide bonds. The third-order valence-corrected chi connectivity index (χ3v) is 2.03. The summed E-state index contributed by atoms with van der Waals surface area (Å²) in [5.41, 5.74) is 0. The molecular formula is C7H13F. The van der Waals surface area contributed by atoms with Gasteiger partial charge in [0, 0.05) is 0 Å². The molecule has 0 saturated heterocycles. The van der Waals surface area contributed by atoms with Crippen molar-refractivity contribution in [2.75, 3.05) is 6.67 Å². The van der Waals surface area contributed by atoms with Crippen LogP contribution in [0.15, 0.2) is 0 Å². The molecule has 0 aliphatic heterocycles. The highest BCUT2D eigenvalue weighted by atomic mass is 19.1. The van der Waals surface area contributed by atoms with Gasteiger partial charge in [-0.05, 0) is 24.2 Å². The van der Waals surface area contributed by atoms with Crippen molar-refractivity contribution in [3.63, 3.8) is 0 Å². The first-order valence-corrected chi connectivity index (χ1v) is 3.31. The summed E-state index contributed by atoms with van der Waals surface area (Å²) in [6, 6.07) is 0. The highest BCUT2D eigenvalue weighted by Crippen LogP contribution is 2.43. The van der Waals surface area contributed by atoms with Gasteiger partial charge in [-0.2, -0.15) is 0 Å². The van der Waals surface area contributed by atoms with E-state index in [1.807, 2.05) is 0 Å². The van der Waals surface area contributed by atoms with Crippen LogP contribution in [0.5, 0.6) is 0 Å². The van der Waals surface area contributed by atoms with E-state index in [-0.39, 0.29) is 6.67 Å². The Morgan fingerprint density at radius 2 is 2.25 bits per heavy atom. The smallest absolute Gasteiger partial charge is 0.0925 e. The molecule has 1 rings (SSSR count). The Kier molecular flexibility index (Phi) is 1.54. The predicted molar refractivity (Wildman–Crippen MR) is 32.4 cm³/mol. The lowest BCUT2D eigenvalue weighted by molar-refractivity contribution is 0.410. The Hall–Kier alpha value is -0.0700. The number of rotatable bonds is 2. The Labute approximate surface area is 50.1 Å². The van der Waals surface area contributed by atoms with E-state index in [2.05, 4.69) is 13.8 Å². The predicted octanol–water partition coefficient (Wildman–Crippen LogP) is 2.25. The summed E-state index contributed by atoms with van der Waals surface area (Å²) in [7, 11) is 0. The molecule has 1 saturated carbocycles. The molecule has 0 aromatic heterocycles. The fraction of sp³-hybridized carbons (Fsp3) is 1.00. The van der Waals surface area contributed by atoms with Gasteiger partial charge in [-0.1, -0.05) is 13.8 Å². The van der Waals surface area contributed by atoms with E-state index in [1.165, 1.54) is 0 Å². The van der Waals surface area contributed by atoms with E-state index < -0.39 is 0 Å². The molecule has 0 nitrogen and oxygen atoms in total. The highest BCUT2D eigenvalue weighted by Gasteiger charge is 2.38. The molecule has 0 N–H and O–H groups in total. The van der Waals surface area contributed by atoms with Crippen molar-refractivity contribution in [2.24, 2.45) is 17.8 Å². The maximum atomic E-state index is 11.8. The van der Waals surface area contributed by atoms with Crippen molar-refractivity contribution in [3.8, 4) is 0 Å². The van der Waals surface area contributed by atoms with Gasteiger partial charge in [0.2, 0.25) is 0 Å². The minimum Gasteiger partial charge on any atom is -0.251 e. The van der Waals surface area contributed by atoms with E-state index >= 15 is 0 Å². The molecule has 0 heterocycles. The summed E-state index contributed by atoms with van der Waals surface area (Å²) in [4.78, 5) is 0. The molecule has 1 fully saturated rings. The molecule has 48 valence electrons. The normalized spacial score (nSPS) is 36.0. The molecule has 0 spiro atoms. The lowest BCUT2D eigenvalue weighted by Crippen LogP contribution is -1.92. The van der Waals surface area contributed by atoms with Crippen LogP contribution in [-0.4, -0.2) is 6.67 Å². The number of alkyl halides is 1. The van der Waals surface area contributed by atoms with Crippen LogP contribution in [0.2, 0.25) is 0 Å². The van der Waals surface area contributed by atoms with Crippen molar-refractivity contribution in [3.05, 3.63) is 0 Å². The second-order valence-electron chi connectivity index (χ2n) is 3.06. The van der Waals surface area contributed by atoms with Crippen LogP contribution in [0.3, 0.4) is 0 Å². The van der Waals surface area contributed by atoms with Gasteiger partial charge >= 0.3 is 0 Å². The molecule has 2 atom stereocenters. The SMILES string of the molecule is CC(C)C1CC1CF. The largest absolute Gasteiger partial charge is 0.251 e. The standard InChI is InChI=1S/C7H13F/c1-5(2)7-3-6(7)4-8/h5-7H,3-4H2,1-2H3. The van der Waals surface area contributed by atoms with Crippen LogP contribution in [-0.2, 0) is 0 Å². The lowest BCUT2D eigenvalue weighted by atomic mass is 10.1. The van der Waals surface area contributed by atoms with Crippen LogP contribution in [0.25, 0.3) is 0 Å². The summed E-state index contributed by atoms with van der Waals surface area (Å²) in [6.45, 7) is 4.24. The molecule has 0 radical (unpaired) electrons. The van der Waals surface area contributed by atoms with Gasteiger partial charge in [0.05, 0.1) is 6.67 Å². The minimum atomic E-state index is -0.0944. The van der Waals surface area contributed by atoms with Gasteiger partial charge in [-0.15, -0.1) is 0 Å². The van der Waals surface area contributed by atoms with Gasteiger partial charge < -0.3 is 0 Å². The molecule has 1 aliphatic rings. The number of hydrogen-bond donors (Lipinski definition) is 0. The maximum absolute atomic E-state index is 11.8. The fourth-order valence-electron chi connectivity index (χ4n) is 1.26. The summed E-state index contributed by atoms with van der Waals surface area (Å²) < 4.78 is 11.8. The summed E-state index contributed by atoms with van der Waals surface area (Å²) in [6.07, 6.45) is 1.13. The quantitative estimate of drug-likeness (QED) is 0.519. The maximum Gasteiger partial charge on any atom is 0.0925 e. The molecule has 0 bridgehead atoms. The molecule has 8 heavy (non-hydrogen) atoms. The van der Waals surface area contributed by atoms with E-state index in [0.717, 1.165) is 6.42 Å². The van der Waals surface area contributed by atoms with Crippen molar-refractivity contribution in [1.82, 2.24) is 0 Å².